The number of nitrogens with two attached hydrogens (primary N) is 2. The van der Waals surface area contributed by atoms with Gasteiger partial charge in [0.15, 0.2) is 6.04 Å². The molecule has 0 unspecified atom stereocenters. The van der Waals surface area contributed by atoms with Crippen molar-refractivity contribution >= 4 is 39.0 Å². The van der Waals surface area contributed by atoms with Gasteiger partial charge in [0, 0.05) is 22.0 Å². The highest BCUT2D eigenvalue weighted by Gasteiger charge is 2.51. The molecule has 0 spiro atoms. The number of hydrogen-bond donors (Lipinski definition) is 3. The van der Waals surface area contributed by atoms with E-state index in [9.17, 15) is 36.3 Å². The number of sulfonamides is 1. The maximum Gasteiger partial charge on any atom is 0.417 e. The quantitative estimate of drug-likeness (QED) is 0.128. The number of unbranched alkanes of at least 4 members (excludes halogenated alkanes) is 1. The number of amides is 2. The molecule has 1 aromatic heterocycles. The minimum absolute atomic E-state index is 0.0433. The fraction of sp³-hybridized carbons (Fsp3) is 0.314. The standard InChI is InChI=1S/C35H39F3N4O6S2/c1-3-4-20-41(50(46,47)27-16-14-26(39)15-17-27)29(22-43)30-18-19-31(49-30)32(35(36,37)38)42(34(45)48-2)33(44)28(40)21-23-10-12-25(13-11-23)24-8-6-5-7-9-24/h5-19,28-29,32,43H,3-4,20-22,39-40H2,1-2H3/t28-,29+,32+/m0/s1. The Balaban J connectivity index is 1.66. The van der Waals surface area contributed by atoms with Gasteiger partial charge in [-0.25, -0.2) is 18.1 Å². The number of ether oxygens (including phenoxy) is 1. The second-order valence-corrected chi connectivity index (χ2v) is 14.5. The number of nitrogen functional groups attached to an aromatic ring is 1. The molecular weight excluding hydrogens is 694 g/mol. The Morgan fingerprint density at radius 2 is 1.52 bits per heavy atom. The van der Waals surface area contributed by atoms with Crippen molar-refractivity contribution in [2.45, 2.75) is 55.4 Å². The van der Waals surface area contributed by atoms with Gasteiger partial charge in [0.1, 0.15) is 0 Å². The summed E-state index contributed by atoms with van der Waals surface area (Å²) < 4.78 is 77.7. The normalized spacial score (nSPS) is 13.8. The number of aliphatic hydroxyl groups is 1. The number of aliphatic hydroxyl groups excluding tert-OH is 1. The Morgan fingerprint density at radius 1 is 0.920 bits per heavy atom. The van der Waals surface area contributed by atoms with Crippen molar-refractivity contribution in [1.29, 1.82) is 0 Å². The van der Waals surface area contributed by atoms with E-state index in [1.54, 1.807) is 24.3 Å². The lowest BCUT2D eigenvalue weighted by atomic mass is 10.00. The summed E-state index contributed by atoms with van der Waals surface area (Å²) in [6, 6.07) is 18.5. The van der Waals surface area contributed by atoms with Gasteiger partial charge in [0.05, 0.1) is 30.7 Å². The Morgan fingerprint density at radius 3 is 2.08 bits per heavy atom. The van der Waals surface area contributed by atoms with Crippen LogP contribution in [0.15, 0.2) is 95.9 Å². The van der Waals surface area contributed by atoms with Gasteiger partial charge in [-0.3, -0.25) is 4.79 Å². The van der Waals surface area contributed by atoms with Crippen molar-refractivity contribution in [3.8, 4) is 11.1 Å². The fourth-order valence-electron chi connectivity index (χ4n) is 5.39. The molecule has 268 valence electrons. The molecule has 0 saturated carbocycles. The molecule has 4 aromatic rings. The monoisotopic (exact) mass is 732 g/mol. The highest BCUT2D eigenvalue weighted by Crippen LogP contribution is 2.43. The molecule has 0 fully saturated rings. The lowest BCUT2D eigenvalue weighted by Crippen LogP contribution is -2.52. The number of anilines is 1. The Bertz CT molecular complexity index is 1840. The topological polar surface area (TPSA) is 156 Å². The smallest absolute Gasteiger partial charge is 0.417 e. The van der Waals surface area contributed by atoms with E-state index < -0.39 is 57.8 Å². The molecular formula is C35H39F3N4O6S2. The largest absolute Gasteiger partial charge is 0.452 e. The van der Waals surface area contributed by atoms with E-state index in [0.717, 1.165) is 28.6 Å². The first-order valence-electron chi connectivity index (χ1n) is 15.7. The number of nitrogens with zero attached hydrogens (tertiary/aromatic N) is 2. The highest BCUT2D eigenvalue weighted by atomic mass is 32.2. The van der Waals surface area contributed by atoms with Gasteiger partial charge in [-0.15, -0.1) is 11.3 Å². The molecule has 0 aliphatic heterocycles. The van der Waals surface area contributed by atoms with Crippen LogP contribution in [0.2, 0.25) is 0 Å². The summed E-state index contributed by atoms with van der Waals surface area (Å²) in [5, 5.41) is 10.4. The predicted octanol–water partition coefficient (Wildman–Crippen LogP) is 6.29. The molecule has 15 heteroatoms. The number of alkyl halides is 3. The maximum atomic E-state index is 14.9. The van der Waals surface area contributed by atoms with Crippen molar-refractivity contribution in [1.82, 2.24) is 9.21 Å². The molecule has 0 radical (unpaired) electrons. The van der Waals surface area contributed by atoms with E-state index in [1.807, 2.05) is 37.3 Å². The van der Waals surface area contributed by atoms with Gasteiger partial charge in [0.2, 0.25) is 15.9 Å². The first-order chi connectivity index (χ1) is 23.7. The van der Waals surface area contributed by atoms with Gasteiger partial charge in [-0.05, 0) is 65.9 Å². The molecule has 10 nitrogen and oxygen atoms in total. The molecule has 0 saturated heterocycles. The average Bonchev–Trinajstić information content (AvgIpc) is 3.57. The van der Waals surface area contributed by atoms with Gasteiger partial charge in [-0.1, -0.05) is 67.9 Å². The molecule has 4 rings (SSSR count). The molecule has 1 heterocycles. The first-order valence-corrected chi connectivity index (χ1v) is 17.9. The third-order valence-corrected chi connectivity index (χ3v) is 11.2. The van der Waals surface area contributed by atoms with Crippen molar-refractivity contribution in [2.24, 2.45) is 5.73 Å². The summed E-state index contributed by atoms with van der Waals surface area (Å²) in [5.74, 6) is -1.32. The highest BCUT2D eigenvalue weighted by molar-refractivity contribution is 7.89. The molecule has 0 bridgehead atoms. The summed E-state index contributed by atoms with van der Waals surface area (Å²) in [6.45, 7) is 1.03. The number of hydrogen-bond acceptors (Lipinski definition) is 9. The Hall–Kier alpha value is -4.28. The average molecular weight is 733 g/mol. The Kier molecular flexibility index (Phi) is 12.8. The summed E-state index contributed by atoms with van der Waals surface area (Å²) in [6.07, 6.45) is -5.95. The molecule has 2 amide bonds. The third-order valence-electron chi connectivity index (χ3n) is 8.00. The van der Waals surface area contributed by atoms with E-state index in [0.29, 0.717) is 35.4 Å². The number of rotatable bonds is 14. The third kappa shape index (κ3) is 8.89. The second-order valence-electron chi connectivity index (χ2n) is 11.5. The minimum atomic E-state index is -5.18. The van der Waals surface area contributed by atoms with Crippen LogP contribution in [0.1, 0.15) is 47.2 Å². The maximum absolute atomic E-state index is 14.9. The summed E-state index contributed by atoms with van der Waals surface area (Å²) in [4.78, 5) is 25.9. The fourth-order valence-corrected chi connectivity index (χ4v) is 8.32. The van der Waals surface area contributed by atoms with Crippen LogP contribution in [-0.4, -0.2) is 67.2 Å². The van der Waals surface area contributed by atoms with Crippen LogP contribution in [0.25, 0.3) is 11.1 Å². The number of thiophene rings is 1. The van der Waals surface area contributed by atoms with Crippen LogP contribution in [0.5, 0.6) is 0 Å². The summed E-state index contributed by atoms with van der Waals surface area (Å²) >= 11 is 0.516. The summed E-state index contributed by atoms with van der Waals surface area (Å²) in [7, 11) is -3.40. The molecule has 3 atom stereocenters. The van der Waals surface area contributed by atoms with Gasteiger partial charge >= 0.3 is 12.3 Å². The number of benzene rings is 3. The number of halogens is 3. The lowest BCUT2D eigenvalue weighted by molar-refractivity contribution is -0.186. The number of carbonyl (C=O) groups excluding carboxylic acids is 2. The van der Waals surface area contributed by atoms with E-state index >= 15 is 0 Å². The van der Waals surface area contributed by atoms with E-state index in [2.05, 4.69) is 4.74 Å². The van der Waals surface area contributed by atoms with Crippen LogP contribution in [0.3, 0.4) is 0 Å². The molecule has 50 heavy (non-hydrogen) atoms. The molecule has 0 aliphatic carbocycles. The molecule has 3 aromatic carbocycles. The number of imide groups is 1. The van der Waals surface area contributed by atoms with Crippen LogP contribution in [0.4, 0.5) is 23.7 Å². The van der Waals surface area contributed by atoms with Gasteiger partial charge < -0.3 is 21.3 Å². The van der Waals surface area contributed by atoms with E-state index in [-0.39, 0.29) is 27.6 Å². The minimum Gasteiger partial charge on any atom is -0.452 e. The predicted molar refractivity (Wildman–Crippen MR) is 185 cm³/mol. The summed E-state index contributed by atoms with van der Waals surface area (Å²) in [5.41, 5.74) is 14.6. The van der Waals surface area contributed by atoms with Crippen LogP contribution in [-0.2, 0) is 26.0 Å². The molecule has 0 aliphatic rings. The molecule has 5 N–H and O–H groups in total. The van der Waals surface area contributed by atoms with Crippen molar-refractivity contribution < 1.29 is 41.0 Å². The van der Waals surface area contributed by atoms with Crippen LogP contribution < -0.4 is 11.5 Å². The van der Waals surface area contributed by atoms with Crippen molar-refractivity contribution in [3.63, 3.8) is 0 Å². The zero-order chi connectivity index (χ0) is 36.6. The number of carbonyl (C=O) groups is 2. The van der Waals surface area contributed by atoms with Gasteiger partial charge in [0.25, 0.3) is 0 Å². The number of methoxy groups -OCH3 is 1. The van der Waals surface area contributed by atoms with E-state index in [4.69, 9.17) is 11.5 Å². The second kappa shape index (κ2) is 16.6. The first kappa shape index (κ1) is 38.5. The van der Waals surface area contributed by atoms with Crippen molar-refractivity contribution in [3.05, 3.63) is 106 Å². The van der Waals surface area contributed by atoms with Gasteiger partial charge in [-0.2, -0.15) is 17.5 Å². The Labute approximate surface area is 293 Å². The van der Waals surface area contributed by atoms with Crippen LogP contribution >= 0.6 is 11.3 Å². The lowest BCUT2D eigenvalue weighted by Gasteiger charge is -2.32. The van der Waals surface area contributed by atoms with Crippen LogP contribution in [0, 0.1) is 0 Å². The van der Waals surface area contributed by atoms with E-state index in [1.165, 1.54) is 30.3 Å². The zero-order valence-corrected chi connectivity index (χ0v) is 29.0. The SMILES string of the molecule is CCCCN([C@H](CO)c1ccc([C@@H](N(C(=O)OC)C(=O)[C@@H](N)Cc2ccc(-c3ccccc3)cc2)C(F)(F)F)s1)S(=O)(=O)c1ccc(N)cc1. The van der Waals surface area contributed by atoms with Crippen molar-refractivity contribution in [2.75, 3.05) is 26.0 Å². The zero-order valence-electron chi connectivity index (χ0n) is 27.4.